The number of piperidine rings is 1. The van der Waals surface area contributed by atoms with Crippen LogP contribution in [0.5, 0.6) is 0 Å². The summed E-state index contributed by atoms with van der Waals surface area (Å²) in [6, 6.07) is 8.43. The number of aromatic nitrogens is 2. The number of hydrogen-bond donors (Lipinski definition) is 2. The number of nitrogens with zero attached hydrogens (tertiary/aromatic N) is 4. The lowest BCUT2D eigenvalue weighted by Gasteiger charge is -2.34. The topological polar surface area (TPSA) is 57.5 Å². The number of aliphatic imine (C=N–C) groups is 1. The van der Waals surface area contributed by atoms with E-state index in [1.165, 1.54) is 11.3 Å². The Morgan fingerprint density at radius 3 is 2.93 bits per heavy atom. The zero-order valence-electron chi connectivity index (χ0n) is 17.1. The number of benzene rings is 1. The van der Waals surface area contributed by atoms with E-state index < -0.39 is 0 Å². The first kappa shape index (κ1) is 24.1. The number of halogens is 2. The van der Waals surface area contributed by atoms with Crippen molar-refractivity contribution in [2.45, 2.75) is 24.1 Å². The maximum atomic E-state index is 6.15. The van der Waals surface area contributed by atoms with Crippen LogP contribution < -0.4 is 15.5 Å². The van der Waals surface area contributed by atoms with E-state index in [4.69, 9.17) is 11.6 Å². The van der Waals surface area contributed by atoms with Gasteiger partial charge in [-0.15, -0.1) is 24.0 Å². The van der Waals surface area contributed by atoms with Crippen LogP contribution in [0.3, 0.4) is 0 Å². The summed E-state index contributed by atoms with van der Waals surface area (Å²) < 4.78 is 1.85. The Hall–Kier alpha value is -1.13. The molecule has 160 valence electrons. The molecule has 29 heavy (non-hydrogen) atoms. The van der Waals surface area contributed by atoms with E-state index in [0.717, 1.165) is 43.5 Å². The number of hydrogen-bond acceptors (Lipinski definition) is 4. The van der Waals surface area contributed by atoms with Crippen LogP contribution in [0.25, 0.3) is 0 Å². The Bertz CT molecular complexity index is 799. The van der Waals surface area contributed by atoms with E-state index in [1.54, 1.807) is 0 Å². The summed E-state index contributed by atoms with van der Waals surface area (Å²) in [5.41, 5.74) is 2.41. The maximum Gasteiger partial charge on any atom is 0.191 e. The van der Waals surface area contributed by atoms with Gasteiger partial charge in [0.05, 0.1) is 11.9 Å². The third kappa shape index (κ3) is 6.96. The van der Waals surface area contributed by atoms with Crippen molar-refractivity contribution < 1.29 is 0 Å². The van der Waals surface area contributed by atoms with Gasteiger partial charge in [0.2, 0.25) is 0 Å². The van der Waals surface area contributed by atoms with E-state index in [2.05, 4.69) is 44.1 Å². The molecule has 2 N–H and O–H groups in total. The minimum absolute atomic E-state index is 0. The highest BCUT2D eigenvalue weighted by atomic mass is 127. The van der Waals surface area contributed by atoms with Crippen molar-refractivity contribution in [2.24, 2.45) is 12.0 Å². The van der Waals surface area contributed by atoms with Crippen LogP contribution in [0.4, 0.5) is 5.69 Å². The van der Waals surface area contributed by atoms with Gasteiger partial charge in [-0.05, 0) is 36.8 Å². The van der Waals surface area contributed by atoms with Crippen molar-refractivity contribution in [2.75, 3.05) is 37.8 Å². The van der Waals surface area contributed by atoms with Gasteiger partial charge in [-0.1, -0.05) is 23.7 Å². The Morgan fingerprint density at radius 1 is 1.45 bits per heavy atom. The second kappa shape index (κ2) is 11.9. The number of nitrogens with one attached hydrogen (secondary N) is 2. The van der Waals surface area contributed by atoms with Gasteiger partial charge in [0.1, 0.15) is 0 Å². The first-order chi connectivity index (χ1) is 13.6. The van der Waals surface area contributed by atoms with E-state index in [9.17, 15) is 0 Å². The number of anilines is 1. The fourth-order valence-electron chi connectivity index (χ4n) is 3.52. The van der Waals surface area contributed by atoms with E-state index in [0.29, 0.717) is 11.3 Å². The van der Waals surface area contributed by atoms with Gasteiger partial charge < -0.3 is 15.5 Å². The van der Waals surface area contributed by atoms with Gasteiger partial charge in [-0.2, -0.15) is 16.9 Å². The molecular weight excluding hydrogens is 519 g/mol. The molecule has 1 saturated heterocycles. The minimum Gasteiger partial charge on any atom is -0.367 e. The van der Waals surface area contributed by atoms with Gasteiger partial charge in [0.15, 0.2) is 5.96 Å². The van der Waals surface area contributed by atoms with Gasteiger partial charge >= 0.3 is 0 Å². The molecule has 1 aromatic heterocycles. The summed E-state index contributed by atoms with van der Waals surface area (Å²) in [5, 5.41) is 12.5. The predicted molar refractivity (Wildman–Crippen MR) is 136 cm³/mol. The largest absolute Gasteiger partial charge is 0.367 e. The molecule has 2 aromatic rings. The van der Waals surface area contributed by atoms with E-state index >= 15 is 0 Å². The lowest BCUT2D eigenvalue weighted by Crippen LogP contribution is -2.51. The molecule has 0 amide bonds. The van der Waals surface area contributed by atoms with Crippen molar-refractivity contribution >= 4 is 59.0 Å². The summed E-state index contributed by atoms with van der Waals surface area (Å²) in [6.45, 7) is 2.81. The van der Waals surface area contributed by atoms with Crippen LogP contribution in [0, 0.1) is 0 Å². The Labute approximate surface area is 199 Å². The predicted octanol–water partition coefficient (Wildman–Crippen LogP) is 3.93. The standard InChI is InChI=1S/C20H29ClN6S.HI/c1-22-20(23-12-19(28-3)15-6-4-7-16(21)10-15)25-17-8-5-9-27(13-17)18-11-24-26(2)14-18;/h4,6-7,10-11,14,17,19H,5,8-9,12-13H2,1-3H3,(H2,22,23,25);1H. The molecule has 0 bridgehead atoms. The van der Waals surface area contributed by atoms with Crippen LogP contribution in [-0.4, -0.2) is 54.7 Å². The highest BCUT2D eigenvalue weighted by molar-refractivity contribution is 14.0. The van der Waals surface area contributed by atoms with Crippen LogP contribution in [0.2, 0.25) is 5.02 Å². The van der Waals surface area contributed by atoms with Crippen molar-refractivity contribution in [3.05, 3.63) is 47.2 Å². The van der Waals surface area contributed by atoms with E-state index in [-0.39, 0.29) is 24.0 Å². The quantitative estimate of drug-likeness (QED) is 0.326. The molecule has 9 heteroatoms. The zero-order valence-corrected chi connectivity index (χ0v) is 21.0. The molecule has 3 rings (SSSR count). The molecule has 1 aromatic carbocycles. The fourth-order valence-corrected chi connectivity index (χ4v) is 4.39. The Kier molecular flexibility index (Phi) is 9.91. The van der Waals surface area contributed by atoms with Gasteiger partial charge in [0, 0.05) is 56.2 Å². The highest BCUT2D eigenvalue weighted by Gasteiger charge is 2.22. The first-order valence-electron chi connectivity index (χ1n) is 9.58. The molecule has 2 heterocycles. The average Bonchev–Trinajstić information content (AvgIpc) is 3.14. The summed E-state index contributed by atoms with van der Waals surface area (Å²) in [6.07, 6.45) is 8.42. The monoisotopic (exact) mass is 548 g/mol. The summed E-state index contributed by atoms with van der Waals surface area (Å²) in [4.78, 5) is 6.81. The second-order valence-corrected chi connectivity index (χ2v) is 8.51. The van der Waals surface area contributed by atoms with Crippen LogP contribution in [-0.2, 0) is 7.05 Å². The number of guanidine groups is 1. The molecule has 2 atom stereocenters. The third-order valence-electron chi connectivity index (χ3n) is 5.00. The molecule has 1 fully saturated rings. The molecule has 0 radical (unpaired) electrons. The molecule has 1 aliphatic heterocycles. The molecule has 0 aliphatic carbocycles. The van der Waals surface area contributed by atoms with Crippen molar-refractivity contribution in [3.8, 4) is 0 Å². The SMILES string of the molecule is CN=C(NCC(SC)c1cccc(Cl)c1)NC1CCCN(c2cnn(C)c2)C1.I. The molecule has 0 spiro atoms. The van der Waals surface area contributed by atoms with Crippen molar-refractivity contribution in [1.82, 2.24) is 20.4 Å². The Balaban J connectivity index is 0.00000300. The van der Waals surface area contributed by atoms with Crippen molar-refractivity contribution in [1.29, 1.82) is 0 Å². The molecule has 1 aliphatic rings. The zero-order chi connectivity index (χ0) is 19.9. The first-order valence-corrected chi connectivity index (χ1v) is 11.2. The van der Waals surface area contributed by atoms with Crippen LogP contribution >= 0.6 is 47.3 Å². The molecule has 0 saturated carbocycles. The summed E-state index contributed by atoms with van der Waals surface area (Å²) in [7, 11) is 3.78. The highest BCUT2D eigenvalue weighted by Crippen LogP contribution is 2.27. The van der Waals surface area contributed by atoms with Gasteiger partial charge in [0.25, 0.3) is 0 Å². The third-order valence-corrected chi connectivity index (χ3v) is 6.25. The average molecular weight is 549 g/mol. The maximum absolute atomic E-state index is 6.15. The smallest absolute Gasteiger partial charge is 0.191 e. The second-order valence-electron chi connectivity index (χ2n) is 7.03. The minimum atomic E-state index is 0. The number of aryl methyl sites for hydroxylation is 1. The van der Waals surface area contributed by atoms with E-state index in [1.807, 2.05) is 54.9 Å². The van der Waals surface area contributed by atoms with Gasteiger partial charge in [-0.3, -0.25) is 9.67 Å². The Morgan fingerprint density at radius 2 is 2.28 bits per heavy atom. The normalized spacial score (nSPS) is 18.1. The number of thioether (sulfide) groups is 1. The fraction of sp³-hybridized carbons (Fsp3) is 0.500. The summed E-state index contributed by atoms with van der Waals surface area (Å²) in [5.74, 6) is 0.846. The lowest BCUT2D eigenvalue weighted by molar-refractivity contribution is 0.468. The lowest BCUT2D eigenvalue weighted by atomic mass is 10.1. The van der Waals surface area contributed by atoms with Crippen LogP contribution in [0.15, 0.2) is 41.7 Å². The summed E-state index contributed by atoms with van der Waals surface area (Å²) >= 11 is 7.96. The van der Waals surface area contributed by atoms with Crippen molar-refractivity contribution in [3.63, 3.8) is 0 Å². The molecular formula is C20H30ClIN6S. The van der Waals surface area contributed by atoms with Crippen LogP contribution in [0.1, 0.15) is 23.7 Å². The number of rotatable bonds is 6. The molecule has 6 nitrogen and oxygen atoms in total. The molecule has 2 unspecified atom stereocenters. The van der Waals surface area contributed by atoms with Gasteiger partial charge in [-0.25, -0.2) is 0 Å².